The normalized spacial score (nSPS) is 17.1. The number of nitrogens with one attached hydrogen (secondary N) is 1. The lowest BCUT2D eigenvalue weighted by Crippen LogP contribution is -2.52. The molecule has 0 spiro atoms. The summed E-state index contributed by atoms with van der Waals surface area (Å²) >= 11 is 0. The molecule has 7 heteroatoms. The number of hydrogen-bond donors (Lipinski definition) is 2. The van der Waals surface area contributed by atoms with Crippen LogP contribution in [0.1, 0.15) is 43.1 Å². The average molecular weight is 280 g/mol. The molecule has 7 nitrogen and oxygen atoms in total. The van der Waals surface area contributed by atoms with E-state index in [0.717, 1.165) is 25.7 Å². The maximum Gasteiger partial charge on any atom is 0.287 e. The Hall–Kier alpha value is -1.89. The third-order valence-electron chi connectivity index (χ3n) is 4.00. The van der Waals surface area contributed by atoms with Gasteiger partial charge < -0.3 is 15.6 Å². The van der Waals surface area contributed by atoms with E-state index in [2.05, 4.69) is 5.32 Å². The molecular weight excluding hydrogens is 260 g/mol. The van der Waals surface area contributed by atoms with Crippen molar-refractivity contribution in [3.05, 3.63) is 28.1 Å². The number of amides is 1. The van der Waals surface area contributed by atoms with Crippen molar-refractivity contribution in [1.29, 1.82) is 0 Å². The first-order chi connectivity index (χ1) is 9.51. The molecule has 1 saturated carbocycles. The molecule has 1 aliphatic rings. The summed E-state index contributed by atoms with van der Waals surface area (Å²) in [5.74, 6) is -0.285. The molecule has 1 aromatic heterocycles. The van der Waals surface area contributed by atoms with E-state index in [1.807, 2.05) is 6.92 Å². The molecule has 20 heavy (non-hydrogen) atoms. The Labute approximate surface area is 117 Å². The molecule has 0 aliphatic heterocycles. The Bertz CT molecular complexity index is 518. The molecular formula is C13H20N4O3. The number of aryl methyl sites for hydroxylation is 1. The van der Waals surface area contributed by atoms with Crippen LogP contribution in [0.3, 0.4) is 0 Å². The van der Waals surface area contributed by atoms with E-state index in [1.165, 1.54) is 12.3 Å². The van der Waals surface area contributed by atoms with Crippen molar-refractivity contribution in [3.63, 3.8) is 0 Å². The standard InChI is InChI=1S/C13H20N4O3/c1-2-16-8-10(17(19)20)7-11(16)12(18)15-13(9-14)5-3-4-6-13/h7-8H,2-6,9,14H2,1H3,(H,15,18). The van der Waals surface area contributed by atoms with Crippen LogP contribution in [0, 0.1) is 10.1 Å². The average Bonchev–Trinajstić information content (AvgIpc) is 3.05. The van der Waals surface area contributed by atoms with Crippen molar-refractivity contribution in [3.8, 4) is 0 Å². The molecule has 1 amide bonds. The first-order valence-electron chi connectivity index (χ1n) is 6.88. The number of rotatable bonds is 5. The topological polar surface area (TPSA) is 103 Å². The second-order valence-electron chi connectivity index (χ2n) is 5.27. The largest absolute Gasteiger partial charge is 0.344 e. The third-order valence-corrected chi connectivity index (χ3v) is 4.00. The second kappa shape index (κ2) is 5.62. The molecule has 3 N–H and O–H groups in total. The molecule has 1 aliphatic carbocycles. The summed E-state index contributed by atoms with van der Waals surface area (Å²) in [5.41, 5.74) is 5.69. The van der Waals surface area contributed by atoms with Gasteiger partial charge in [0, 0.05) is 19.2 Å². The van der Waals surface area contributed by atoms with Crippen LogP contribution in [0.25, 0.3) is 0 Å². The van der Waals surface area contributed by atoms with E-state index in [9.17, 15) is 14.9 Å². The van der Waals surface area contributed by atoms with E-state index < -0.39 is 4.92 Å². The first-order valence-corrected chi connectivity index (χ1v) is 6.88. The highest BCUT2D eigenvalue weighted by molar-refractivity contribution is 5.94. The lowest BCUT2D eigenvalue weighted by molar-refractivity contribution is -0.384. The highest BCUT2D eigenvalue weighted by atomic mass is 16.6. The molecule has 110 valence electrons. The maximum absolute atomic E-state index is 12.4. The molecule has 0 atom stereocenters. The Balaban J connectivity index is 2.22. The number of carbonyl (C=O) groups is 1. The van der Waals surface area contributed by atoms with Crippen LogP contribution in [0.5, 0.6) is 0 Å². The lowest BCUT2D eigenvalue weighted by Gasteiger charge is -2.28. The van der Waals surface area contributed by atoms with Crippen molar-refractivity contribution in [1.82, 2.24) is 9.88 Å². The van der Waals surface area contributed by atoms with Gasteiger partial charge in [-0.3, -0.25) is 14.9 Å². The number of nitrogens with two attached hydrogens (primary N) is 1. The first kappa shape index (κ1) is 14.5. The van der Waals surface area contributed by atoms with E-state index >= 15 is 0 Å². The fraction of sp³-hybridized carbons (Fsp3) is 0.615. The van der Waals surface area contributed by atoms with Crippen molar-refractivity contribution >= 4 is 11.6 Å². The van der Waals surface area contributed by atoms with Crippen molar-refractivity contribution in [2.45, 2.75) is 44.7 Å². The highest BCUT2D eigenvalue weighted by Gasteiger charge is 2.35. The van der Waals surface area contributed by atoms with Gasteiger partial charge in [-0.15, -0.1) is 0 Å². The van der Waals surface area contributed by atoms with E-state index in [4.69, 9.17) is 5.73 Å². The van der Waals surface area contributed by atoms with Crippen LogP contribution in [0.2, 0.25) is 0 Å². The number of hydrogen-bond acceptors (Lipinski definition) is 4. The van der Waals surface area contributed by atoms with E-state index in [-0.39, 0.29) is 17.1 Å². The molecule has 0 bridgehead atoms. The van der Waals surface area contributed by atoms with Gasteiger partial charge >= 0.3 is 0 Å². The lowest BCUT2D eigenvalue weighted by atomic mass is 9.97. The monoisotopic (exact) mass is 280 g/mol. The molecule has 1 fully saturated rings. The predicted molar refractivity (Wildman–Crippen MR) is 74.5 cm³/mol. The maximum atomic E-state index is 12.4. The van der Waals surface area contributed by atoms with Crippen molar-refractivity contribution in [2.24, 2.45) is 5.73 Å². The number of carbonyl (C=O) groups excluding carboxylic acids is 1. The van der Waals surface area contributed by atoms with E-state index in [0.29, 0.717) is 18.8 Å². The number of nitrogens with zero attached hydrogens (tertiary/aromatic N) is 2. The molecule has 0 saturated heterocycles. The van der Waals surface area contributed by atoms with Crippen molar-refractivity contribution in [2.75, 3.05) is 6.54 Å². The van der Waals surface area contributed by atoms with Crippen LogP contribution >= 0.6 is 0 Å². The van der Waals surface area contributed by atoms with Gasteiger partial charge in [0.2, 0.25) is 0 Å². The Morgan fingerprint density at radius 2 is 2.20 bits per heavy atom. The van der Waals surface area contributed by atoms with Gasteiger partial charge in [0.1, 0.15) is 5.69 Å². The van der Waals surface area contributed by atoms with Gasteiger partial charge in [-0.1, -0.05) is 12.8 Å². The summed E-state index contributed by atoms with van der Waals surface area (Å²) in [6.07, 6.45) is 5.21. The smallest absolute Gasteiger partial charge is 0.287 e. The van der Waals surface area contributed by atoms with Gasteiger partial charge in [0.25, 0.3) is 11.6 Å². The minimum Gasteiger partial charge on any atom is -0.344 e. The summed E-state index contributed by atoms with van der Waals surface area (Å²) in [6, 6.07) is 1.32. The summed E-state index contributed by atoms with van der Waals surface area (Å²) in [7, 11) is 0. The van der Waals surface area contributed by atoms with Crippen LogP contribution in [-0.2, 0) is 6.54 Å². The number of nitro groups is 1. The quantitative estimate of drug-likeness (QED) is 0.628. The minimum atomic E-state index is -0.489. The molecule has 0 aromatic carbocycles. The molecule has 2 rings (SSSR count). The summed E-state index contributed by atoms with van der Waals surface area (Å²) in [5, 5.41) is 13.8. The summed E-state index contributed by atoms with van der Waals surface area (Å²) < 4.78 is 1.59. The number of aromatic nitrogens is 1. The molecule has 0 unspecified atom stereocenters. The second-order valence-corrected chi connectivity index (χ2v) is 5.27. The van der Waals surface area contributed by atoms with Gasteiger partial charge in [-0.2, -0.15) is 0 Å². The highest BCUT2D eigenvalue weighted by Crippen LogP contribution is 2.29. The fourth-order valence-corrected chi connectivity index (χ4v) is 2.78. The summed E-state index contributed by atoms with van der Waals surface area (Å²) in [6.45, 7) is 2.74. The zero-order valence-corrected chi connectivity index (χ0v) is 11.6. The van der Waals surface area contributed by atoms with Gasteiger partial charge in [-0.25, -0.2) is 0 Å². The van der Waals surface area contributed by atoms with Crippen LogP contribution in [-0.4, -0.2) is 27.5 Å². The van der Waals surface area contributed by atoms with Crippen LogP contribution in [0.4, 0.5) is 5.69 Å². The fourth-order valence-electron chi connectivity index (χ4n) is 2.78. The van der Waals surface area contributed by atoms with Crippen molar-refractivity contribution < 1.29 is 9.72 Å². The molecule has 1 heterocycles. The third kappa shape index (κ3) is 2.67. The van der Waals surface area contributed by atoms with Gasteiger partial charge in [-0.05, 0) is 19.8 Å². The minimum absolute atomic E-state index is 0.0646. The van der Waals surface area contributed by atoms with E-state index in [1.54, 1.807) is 4.57 Å². The Morgan fingerprint density at radius 1 is 1.55 bits per heavy atom. The summed E-state index contributed by atoms with van der Waals surface area (Å²) in [4.78, 5) is 22.7. The SMILES string of the molecule is CCn1cc([N+](=O)[O-])cc1C(=O)NC1(CN)CCCC1. The zero-order chi connectivity index (χ0) is 14.8. The Kier molecular flexibility index (Phi) is 4.08. The predicted octanol–water partition coefficient (Wildman–Crippen LogP) is 1.42. The van der Waals surface area contributed by atoms with Gasteiger partial charge in [0.15, 0.2) is 0 Å². The van der Waals surface area contributed by atoms with Crippen LogP contribution < -0.4 is 11.1 Å². The zero-order valence-electron chi connectivity index (χ0n) is 11.6. The van der Waals surface area contributed by atoms with Crippen LogP contribution in [0.15, 0.2) is 12.3 Å². The van der Waals surface area contributed by atoms with Gasteiger partial charge in [0.05, 0.1) is 16.7 Å². The molecule has 0 radical (unpaired) electrons. The Morgan fingerprint density at radius 3 is 2.70 bits per heavy atom. The molecule has 1 aromatic rings.